The van der Waals surface area contributed by atoms with Crippen LogP contribution in [0.1, 0.15) is 33.6 Å². The molecule has 0 saturated carbocycles. The molecule has 6 N–H and O–H groups in total. The van der Waals surface area contributed by atoms with Gasteiger partial charge < -0.3 is 45.1 Å². The summed E-state index contributed by atoms with van der Waals surface area (Å²) >= 11 is 0. The van der Waals surface area contributed by atoms with Crippen LogP contribution in [0, 0.1) is 0 Å². The second-order valence-corrected chi connectivity index (χ2v) is 6.50. The first-order chi connectivity index (χ1) is 12.8. The lowest BCUT2D eigenvalue weighted by Crippen LogP contribution is -2.60. The molecule has 1 fully saturated rings. The van der Waals surface area contributed by atoms with Crippen LogP contribution in [0.5, 0.6) is 0 Å². The van der Waals surface area contributed by atoms with Crippen LogP contribution in [0.4, 0.5) is 0 Å². The van der Waals surface area contributed by atoms with Gasteiger partial charge in [0, 0.05) is 13.0 Å². The van der Waals surface area contributed by atoms with Crippen molar-refractivity contribution in [2.75, 3.05) is 19.8 Å². The zero-order chi connectivity index (χ0) is 20.6. The number of rotatable bonds is 11. The molecule has 2 unspecified atom stereocenters. The number of hydrogen-bond donors (Lipinski definition) is 6. The van der Waals surface area contributed by atoms with Crippen LogP contribution in [0.3, 0.4) is 0 Å². The van der Waals surface area contributed by atoms with E-state index >= 15 is 0 Å². The molecule has 0 radical (unpaired) electrons. The Balaban J connectivity index is 2.76. The zero-order valence-electron chi connectivity index (χ0n) is 16.0. The Morgan fingerprint density at radius 2 is 1.78 bits per heavy atom. The van der Waals surface area contributed by atoms with Crippen LogP contribution in [0.2, 0.25) is 0 Å². The van der Waals surface area contributed by atoms with Gasteiger partial charge in [0.05, 0.1) is 25.4 Å². The van der Waals surface area contributed by atoms with Gasteiger partial charge in [0.25, 0.3) is 0 Å². The first-order valence-electron chi connectivity index (χ1n) is 9.31. The quantitative estimate of drug-likeness (QED) is 0.230. The van der Waals surface area contributed by atoms with E-state index in [9.17, 15) is 30.3 Å². The summed E-state index contributed by atoms with van der Waals surface area (Å²) in [6, 6.07) is -0.947. The molecule has 1 aliphatic rings. The third kappa shape index (κ3) is 6.91. The predicted octanol–water partition coefficient (Wildman–Crippen LogP) is -2.13. The highest BCUT2D eigenvalue weighted by Gasteiger charge is 2.44. The number of aliphatic hydroxyl groups is 5. The number of hydrogen-bond acceptors (Lipinski definition) is 9. The van der Waals surface area contributed by atoms with Crippen molar-refractivity contribution >= 4 is 5.91 Å². The van der Waals surface area contributed by atoms with Gasteiger partial charge in [-0.2, -0.15) is 0 Å². The normalized spacial score (nSPS) is 31.9. The molecule has 0 aromatic rings. The minimum atomic E-state index is -1.53. The van der Waals surface area contributed by atoms with Crippen molar-refractivity contribution in [1.82, 2.24) is 5.32 Å². The van der Waals surface area contributed by atoms with Crippen LogP contribution in [0.25, 0.3) is 0 Å². The maximum Gasteiger partial charge on any atom is 0.220 e. The summed E-state index contributed by atoms with van der Waals surface area (Å²) in [6.45, 7) is 5.17. The number of amides is 1. The van der Waals surface area contributed by atoms with Gasteiger partial charge in [-0.15, -0.1) is 0 Å². The van der Waals surface area contributed by atoms with E-state index in [0.717, 1.165) is 0 Å². The fourth-order valence-electron chi connectivity index (χ4n) is 2.67. The van der Waals surface area contributed by atoms with Crippen LogP contribution in [0.15, 0.2) is 0 Å². The fourth-order valence-corrected chi connectivity index (χ4v) is 2.67. The van der Waals surface area contributed by atoms with Gasteiger partial charge >= 0.3 is 0 Å². The molecule has 0 aromatic carbocycles. The number of carbonyl (C=O) groups excluding carboxylic acids is 1. The summed E-state index contributed by atoms with van der Waals surface area (Å²) in [7, 11) is 0. The minimum absolute atomic E-state index is 0.00548. The van der Waals surface area contributed by atoms with Crippen molar-refractivity contribution in [3.05, 3.63) is 0 Å². The Morgan fingerprint density at radius 3 is 2.33 bits per heavy atom. The Morgan fingerprint density at radius 1 is 1.11 bits per heavy atom. The molecule has 1 heterocycles. The van der Waals surface area contributed by atoms with E-state index in [2.05, 4.69) is 5.32 Å². The third-order valence-corrected chi connectivity index (χ3v) is 4.49. The van der Waals surface area contributed by atoms with Crippen molar-refractivity contribution in [1.29, 1.82) is 0 Å². The molecular formula is C17H33NO9. The van der Waals surface area contributed by atoms with Crippen molar-refractivity contribution in [3.63, 3.8) is 0 Å². The maximum absolute atomic E-state index is 11.7. The van der Waals surface area contributed by atoms with Crippen LogP contribution in [-0.4, -0.2) is 100 Å². The summed E-state index contributed by atoms with van der Waals surface area (Å²) in [6.07, 6.45) is -8.54. The number of nitrogens with one attached hydrogen (secondary N) is 1. The molecule has 10 heteroatoms. The molecule has 0 aromatic heterocycles. The molecule has 160 valence electrons. The Hall–Kier alpha value is -0.850. The largest absolute Gasteiger partial charge is 0.390 e. The van der Waals surface area contributed by atoms with Crippen LogP contribution in [-0.2, 0) is 19.0 Å². The van der Waals surface area contributed by atoms with Crippen LogP contribution >= 0.6 is 0 Å². The topological polar surface area (TPSA) is 158 Å². The van der Waals surface area contributed by atoms with E-state index < -0.39 is 49.0 Å². The van der Waals surface area contributed by atoms with E-state index in [4.69, 9.17) is 14.2 Å². The number of carbonyl (C=O) groups is 1. The van der Waals surface area contributed by atoms with Crippen molar-refractivity contribution in [3.8, 4) is 0 Å². The second kappa shape index (κ2) is 11.9. The average molecular weight is 395 g/mol. The summed E-state index contributed by atoms with van der Waals surface area (Å²) in [5.41, 5.74) is 0. The SMILES string of the molecule is CCOCC1O[C@H](OC[C@H](NC(=O)CC)[C@H](O)[C@H](O)CC)C(O)[C@@H](O)[C@H]1O. The minimum Gasteiger partial charge on any atom is -0.390 e. The molecule has 0 aliphatic carbocycles. The molecule has 1 rings (SSSR count). The lowest BCUT2D eigenvalue weighted by molar-refractivity contribution is -0.304. The molecule has 1 aliphatic heterocycles. The lowest BCUT2D eigenvalue weighted by atomic mass is 9.99. The summed E-state index contributed by atoms with van der Waals surface area (Å²) < 4.78 is 16.1. The predicted molar refractivity (Wildman–Crippen MR) is 93.7 cm³/mol. The highest BCUT2D eigenvalue weighted by Crippen LogP contribution is 2.23. The smallest absolute Gasteiger partial charge is 0.220 e. The average Bonchev–Trinajstić information content (AvgIpc) is 2.68. The van der Waals surface area contributed by atoms with Gasteiger partial charge in [-0.25, -0.2) is 0 Å². The Labute approximate surface area is 159 Å². The van der Waals surface area contributed by atoms with E-state index in [0.29, 0.717) is 6.61 Å². The van der Waals surface area contributed by atoms with Crippen molar-refractivity contribution < 1.29 is 44.5 Å². The molecule has 0 spiro atoms. The van der Waals surface area contributed by atoms with E-state index in [1.807, 2.05) is 0 Å². The standard InChI is InChI=1S/C17H33NO9/c1-4-10(19)13(21)9(18-12(20)5-2)7-26-17-16(24)15(23)14(22)11(27-17)8-25-6-3/h9-11,13-17,19,21-24H,4-8H2,1-3H3,(H,18,20)/t9-,10+,11?,13-,14-,15-,16?,17-/m0/s1. The van der Waals surface area contributed by atoms with Gasteiger partial charge in [-0.1, -0.05) is 13.8 Å². The van der Waals surface area contributed by atoms with Crippen molar-refractivity contribution in [2.45, 2.75) is 82.6 Å². The van der Waals surface area contributed by atoms with Gasteiger partial charge in [-0.05, 0) is 13.3 Å². The first kappa shape index (κ1) is 24.2. The lowest BCUT2D eigenvalue weighted by Gasteiger charge is -2.40. The number of aliphatic hydroxyl groups excluding tert-OH is 5. The third-order valence-electron chi connectivity index (χ3n) is 4.49. The van der Waals surface area contributed by atoms with Gasteiger partial charge in [-0.3, -0.25) is 4.79 Å². The molecule has 10 nitrogen and oxygen atoms in total. The van der Waals surface area contributed by atoms with Crippen LogP contribution < -0.4 is 5.32 Å². The second-order valence-electron chi connectivity index (χ2n) is 6.50. The molecule has 27 heavy (non-hydrogen) atoms. The summed E-state index contributed by atoms with van der Waals surface area (Å²) in [5, 5.41) is 52.7. The molecule has 1 saturated heterocycles. The summed E-state index contributed by atoms with van der Waals surface area (Å²) in [4.78, 5) is 11.7. The maximum atomic E-state index is 11.7. The monoisotopic (exact) mass is 395 g/mol. The van der Waals surface area contributed by atoms with Crippen molar-refractivity contribution in [2.24, 2.45) is 0 Å². The molecular weight excluding hydrogens is 362 g/mol. The number of ether oxygens (including phenoxy) is 3. The van der Waals surface area contributed by atoms with E-state index in [-0.39, 0.29) is 32.0 Å². The molecule has 8 atom stereocenters. The molecule has 1 amide bonds. The van der Waals surface area contributed by atoms with Gasteiger partial charge in [0.2, 0.25) is 5.91 Å². The zero-order valence-corrected chi connectivity index (χ0v) is 16.0. The van der Waals surface area contributed by atoms with E-state index in [1.165, 1.54) is 0 Å². The van der Waals surface area contributed by atoms with Gasteiger partial charge in [0.15, 0.2) is 6.29 Å². The highest BCUT2D eigenvalue weighted by molar-refractivity contribution is 5.75. The highest BCUT2D eigenvalue weighted by atomic mass is 16.7. The fraction of sp³-hybridized carbons (Fsp3) is 0.941. The molecule has 0 bridgehead atoms. The van der Waals surface area contributed by atoms with Gasteiger partial charge in [0.1, 0.15) is 30.5 Å². The first-order valence-corrected chi connectivity index (χ1v) is 9.31. The summed E-state index contributed by atoms with van der Waals surface area (Å²) in [5.74, 6) is -0.347. The van der Waals surface area contributed by atoms with E-state index in [1.54, 1.807) is 20.8 Å². The Kier molecular flexibility index (Phi) is 10.6. The Bertz CT molecular complexity index is 439.